The van der Waals surface area contributed by atoms with Gasteiger partial charge in [-0.2, -0.15) is 0 Å². The van der Waals surface area contributed by atoms with Gasteiger partial charge in [-0.15, -0.1) is 0 Å². The van der Waals surface area contributed by atoms with Crippen LogP contribution in [0.2, 0.25) is 0 Å². The average molecular weight is 242 g/mol. The van der Waals surface area contributed by atoms with Gasteiger partial charge < -0.3 is 14.6 Å². The van der Waals surface area contributed by atoms with Gasteiger partial charge >= 0.3 is 5.97 Å². The van der Waals surface area contributed by atoms with Gasteiger partial charge in [0.25, 0.3) is 0 Å². The molecule has 17 heavy (non-hydrogen) atoms. The van der Waals surface area contributed by atoms with E-state index in [1.165, 1.54) is 6.42 Å². The highest BCUT2D eigenvalue weighted by Gasteiger charge is 2.58. The van der Waals surface area contributed by atoms with E-state index >= 15 is 0 Å². The van der Waals surface area contributed by atoms with Crippen LogP contribution in [0.25, 0.3) is 0 Å². The third-order valence-corrected chi connectivity index (χ3v) is 4.20. The van der Waals surface area contributed by atoms with Crippen LogP contribution < -0.4 is 0 Å². The SMILES string of the molecule is CCC1(C(=O)O)CC1CCOC1CCCCO1. The summed E-state index contributed by atoms with van der Waals surface area (Å²) < 4.78 is 11.1. The Bertz CT molecular complexity index is 273. The zero-order chi connectivity index (χ0) is 12.3. The molecule has 0 aromatic heterocycles. The minimum absolute atomic E-state index is 0.0524. The van der Waals surface area contributed by atoms with Crippen molar-refractivity contribution in [1.82, 2.24) is 0 Å². The molecule has 1 heterocycles. The molecule has 0 aromatic rings. The second-order valence-corrected chi connectivity index (χ2v) is 5.17. The fourth-order valence-corrected chi connectivity index (χ4v) is 2.79. The number of carbonyl (C=O) groups is 1. The quantitative estimate of drug-likeness (QED) is 0.777. The van der Waals surface area contributed by atoms with Gasteiger partial charge in [0.05, 0.1) is 12.0 Å². The highest BCUT2D eigenvalue weighted by molar-refractivity contribution is 5.78. The standard InChI is InChI=1S/C13H22O4/c1-2-13(12(14)15)9-10(13)6-8-17-11-5-3-4-7-16-11/h10-11H,2-9H2,1H3,(H,14,15). The Morgan fingerprint density at radius 2 is 2.35 bits per heavy atom. The highest BCUT2D eigenvalue weighted by atomic mass is 16.7. The molecule has 0 aromatic carbocycles. The molecule has 1 N–H and O–H groups in total. The summed E-state index contributed by atoms with van der Waals surface area (Å²) in [5.74, 6) is -0.340. The van der Waals surface area contributed by atoms with Crippen molar-refractivity contribution in [2.24, 2.45) is 11.3 Å². The molecule has 0 bridgehead atoms. The van der Waals surface area contributed by atoms with Gasteiger partial charge in [-0.25, -0.2) is 0 Å². The lowest BCUT2D eigenvalue weighted by Crippen LogP contribution is -2.23. The number of ether oxygens (including phenoxy) is 2. The van der Waals surface area contributed by atoms with Crippen LogP contribution in [0.3, 0.4) is 0 Å². The summed E-state index contributed by atoms with van der Waals surface area (Å²) in [5.41, 5.74) is -0.448. The van der Waals surface area contributed by atoms with Crippen LogP contribution in [-0.4, -0.2) is 30.6 Å². The summed E-state index contributed by atoms with van der Waals surface area (Å²) >= 11 is 0. The Labute approximate surface area is 102 Å². The van der Waals surface area contributed by atoms with Gasteiger partial charge in [-0.05, 0) is 44.4 Å². The first kappa shape index (κ1) is 12.8. The number of carboxylic acids is 1. The van der Waals surface area contributed by atoms with Crippen LogP contribution in [0.15, 0.2) is 0 Å². The predicted octanol–water partition coefficient (Wildman–Crippen LogP) is 2.42. The molecule has 2 fully saturated rings. The molecule has 2 aliphatic rings. The van der Waals surface area contributed by atoms with Crippen LogP contribution in [0.5, 0.6) is 0 Å². The van der Waals surface area contributed by atoms with E-state index in [4.69, 9.17) is 14.6 Å². The van der Waals surface area contributed by atoms with Crippen molar-refractivity contribution < 1.29 is 19.4 Å². The lowest BCUT2D eigenvalue weighted by atomic mass is 9.99. The minimum Gasteiger partial charge on any atom is -0.481 e. The van der Waals surface area contributed by atoms with Gasteiger partial charge in [0.2, 0.25) is 0 Å². The molecule has 98 valence electrons. The first-order valence-corrected chi connectivity index (χ1v) is 6.65. The van der Waals surface area contributed by atoms with Crippen molar-refractivity contribution in [3.05, 3.63) is 0 Å². The van der Waals surface area contributed by atoms with Crippen LogP contribution in [0, 0.1) is 11.3 Å². The van der Waals surface area contributed by atoms with Crippen molar-refractivity contribution in [1.29, 1.82) is 0 Å². The lowest BCUT2D eigenvalue weighted by molar-refractivity contribution is -0.163. The third kappa shape index (κ3) is 2.80. The van der Waals surface area contributed by atoms with Crippen molar-refractivity contribution in [3.63, 3.8) is 0 Å². The molecule has 1 saturated carbocycles. The number of carboxylic acid groups (broad SMARTS) is 1. The van der Waals surface area contributed by atoms with E-state index in [-0.39, 0.29) is 6.29 Å². The molecular weight excluding hydrogens is 220 g/mol. The molecule has 1 saturated heterocycles. The van der Waals surface area contributed by atoms with Gasteiger partial charge in [0.15, 0.2) is 6.29 Å². The van der Waals surface area contributed by atoms with E-state index in [0.717, 1.165) is 38.7 Å². The lowest BCUT2D eigenvalue weighted by Gasteiger charge is -2.22. The largest absolute Gasteiger partial charge is 0.481 e. The maximum absolute atomic E-state index is 11.1. The first-order chi connectivity index (χ1) is 8.19. The van der Waals surface area contributed by atoms with Crippen molar-refractivity contribution >= 4 is 5.97 Å². The summed E-state index contributed by atoms with van der Waals surface area (Å²) in [4.78, 5) is 11.1. The molecule has 4 nitrogen and oxygen atoms in total. The number of hydrogen-bond donors (Lipinski definition) is 1. The average Bonchev–Trinajstić information content (AvgIpc) is 3.06. The van der Waals surface area contributed by atoms with Crippen LogP contribution in [0.1, 0.15) is 45.4 Å². The normalized spacial score (nSPS) is 36.8. The fourth-order valence-electron chi connectivity index (χ4n) is 2.79. The van der Waals surface area contributed by atoms with Gasteiger partial charge in [0, 0.05) is 6.61 Å². The molecule has 1 aliphatic heterocycles. The maximum atomic E-state index is 11.1. The van der Waals surface area contributed by atoms with Gasteiger partial charge in [-0.1, -0.05) is 6.92 Å². The summed E-state index contributed by atoms with van der Waals surface area (Å²) in [7, 11) is 0. The Kier molecular flexibility index (Phi) is 4.05. The number of rotatable bonds is 6. The third-order valence-electron chi connectivity index (χ3n) is 4.20. The van der Waals surface area contributed by atoms with Crippen molar-refractivity contribution in [3.8, 4) is 0 Å². The first-order valence-electron chi connectivity index (χ1n) is 6.65. The van der Waals surface area contributed by atoms with Gasteiger partial charge in [-0.3, -0.25) is 4.79 Å². The fraction of sp³-hybridized carbons (Fsp3) is 0.923. The zero-order valence-electron chi connectivity index (χ0n) is 10.5. The Hall–Kier alpha value is -0.610. The molecule has 0 amide bonds. The Balaban J connectivity index is 1.65. The Morgan fingerprint density at radius 3 is 2.88 bits per heavy atom. The van der Waals surface area contributed by atoms with Crippen LogP contribution >= 0.6 is 0 Å². The van der Waals surface area contributed by atoms with Crippen molar-refractivity contribution in [2.75, 3.05) is 13.2 Å². The van der Waals surface area contributed by atoms with E-state index < -0.39 is 11.4 Å². The molecule has 3 unspecified atom stereocenters. The van der Waals surface area contributed by atoms with Crippen molar-refractivity contribution in [2.45, 2.75) is 51.7 Å². The van der Waals surface area contributed by atoms with Crippen LogP contribution in [-0.2, 0) is 14.3 Å². The zero-order valence-corrected chi connectivity index (χ0v) is 10.5. The summed E-state index contributed by atoms with van der Waals surface area (Å²) in [6, 6.07) is 0. The Morgan fingerprint density at radius 1 is 1.53 bits per heavy atom. The topological polar surface area (TPSA) is 55.8 Å². The summed E-state index contributed by atoms with van der Waals surface area (Å²) in [5, 5.41) is 9.16. The van der Waals surface area contributed by atoms with E-state index in [1.54, 1.807) is 0 Å². The molecule has 1 aliphatic carbocycles. The molecule has 0 radical (unpaired) electrons. The molecule has 3 atom stereocenters. The number of hydrogen-bond acceptors (Lipinski definition) is 3. The molecule has 0 spiro atoms. The van der Waals surface area contributed by atoms with E-state index in [2.05, 4.69) is 0 Å². The summed E-state index contributed by atoms with van der Waals surface area (Å²) in [6.07, 6.45) is 5.61. The number of aliphatic carboxylic acids is 1. The predicted molar refractivity (Wildman–Crippen MR) is 62.6 cm³/mol. The van der Waals surface area contributed by atoms with E-state index in [1.807, 2.05) is 6.92 Å². The second kappa shape index (κ2) is 5.36. The monoisotopic (exact) mass is 242 g/mol. The molecule has 2 rings (SSSR count). The highest BCUT2D eigenvalue weighted by Crippen LogP contribution is 2.57. The van der Waals surface area contributed by atoms with E-state index in [9.17, 15) is 4.79 Å². The molecular formula is C13H22O4. The maximum Gasteiger partial charge on any atom is 0.309 e. The van der Waals surface area contributed by atoms with E-state index in [0.29, 0.717) is 12.5 Å². The second-order valence-electron chi connectivity index (χ2n) is 5.17. The van der Waals surface area contributed by atoms with Crippen LogP contribution in [0.4, 0.5) is 0 Å². The molecule has 4 heteroatoms. The minimum atomic E-state index is -0.640. The summed E-state index contributed by atoms with van der Waals surface area (Å²) in [6.45, 7) is 3.38. The van der Waals surface area contributed by atoms with Gasteiger partial charge in [0.1, 0.15) is 0 Å². The smallest absolute Gasteiger partial charge is 0.309 e.